The molecule has 3 heterocycles. The Labute approximate surface area is 254 Å². The first-order valence-corrected chi connectivity index (χ1v) is 13.8. The number of hydrogen-bond donors (Lipinski definition) is 2. The van der Waals surface area contributed by atoms with Gasteiger partial charge in [-0.25, -0.2) is 26.9 Å². The third kappa shape index (κ3) is 6.59. The topological polar surface area (TPSA) is 124 Å². The Hall–Kier alpha value is -5.40. The fourth-order valence-electron chi connectivity index (χ4n) is 4.77. The summed E-state index contributed by atoms with van der Waals surface area (Å²) in [4.78, 5) is 45.2. The van der Waals surface area contributed by atoms with Crippen LogP contribution < -0.4 is 31.9 Å². The van der Waals surface area contributed by atoms with Gasteiger partial charge in [0.15, 0.2) is 17.3 Å². The van der Waals surface area contributed by atoms with E-state index in [4.69, 9.17) is 10.5 Å². The normalized spacial score (nSPS) is 14.3. The van der Waals surface area contributed by atoms with E-state index in [1.54, 1.807) is 13.8 Å². The molecule has 0 bridgehead atoms. The van der Waals surface area contributed by atoms with Gasteiger partial charge >= 0.3 is 5.69 Å². The molecule has 3 N–H and O–H groups in total. The second-order valence-electron chi connectivity index (χ2n) is 10.6. The molecule has 1 aliphatic heterocycles. The van der Waals surface area contributed by atoms with Crippen molar-refractivity contribution in [3.63, 3.8) is 0 Å². The molecule has 0 aliphatic carbocycles. The van der Waals surface area contributed by atoms with Crippen LogP contribution in [0.5, 0.6) is 11.5 Å². The smallest absolute Gasteiger partial charge is 0.335 e. The number of rotatable bonds is 8. The number of carbonyl (C=O) groups is 1. The van der Waals surface area contributed by atoms with Crippen LogP contribution in [0.4, 0.5) is 28.9 Å². The van der Waals surface area contributed by atoms with E-state index in [2.05, 4.69) is 10.3 Å². The van der Waals surface area contributed by atoms with Gasteiger partial charge in [0.1, 0.15) is 17.1 Å². The molecule has 1 aliphatic rings. The fourth-order valence-corrected chi connectivity index (χ4v) is 4.77. The van der Waals surface area contributed by atoms with Crippen LogP contribution in [-0.4, -0.2) is 39.0 Å². The van der Waals surface area contributed by atoms with Gasteiger partial charge in [-0.2, -0.15) is 0 Å². The van der Waals surface area contributed by atoms with Gasteiger partial charge in [-0.05, 0) is 62.5 Å². The zero-order chi connectivity index (χ0) is 32.5. The summed E-state index contributed by atoms with van der Waals surface area (Å²) in [6.45, 7) is 2.97. The van der Waals surface area contributed by atoms with Gasteiger partial charge < -0.3 is 20.7 Å². The molecule has 10 nitrogen and oxygen atoms in total. The van der Waals surface area contributed by atoms with E-state index in [0.29, 0.717) is 5.69 Å². The van der Waals surface area contributed by atoms with Crippen LogP contribution in [0.25, 0.3) is 11.8 Å². The van der Waals surface area contributed by atoms with E-state index in [1.165, 1.54) is 58.3 Å². The van der Waals surface area contributed by atoms with Crippen molar-refractivity contribution < 1.29 is 27.1 Å². The van der Waals surface area contributed by atoms with E-state index in [-0.39, 0.29) is 41.5 Å². The molecule has 1 saturated heterocycles. The number of carbonyl (C=O) groups excluding carboxylic acids is 1. The molecule has 2 aromatic carbocycles. The Bertz CT molecular complexity index is 1900. The number of anilines is 2. The number of alkyl halides is 2. The lowest BCUT2D eigenvalue weighted by atomic mass is 10.2. The number of ether oxygens (including phenoxy) is 1. The highest BCUT2D eigenvalue weighted by atomic mass is 19.3. The van der Waals surface area contributed by atoms with Gasteiger partial charge in [0.2, 0.25) is 0 Å². The van der Waals surface area contributed by atoms with Gasteiger partial charge in [0, 0.05) is 43.0 Å². The average molecular weight is 625 g/mol. The number of halogens is 4. The molecule has 0 spiro atoms. The Balaban J connectivity index is 1.42. The highest BCUT2D eigenvalue weighted by Gasteiger charge is 2.38. The number of aromatic nitrogens is 3. The lowest BCUT2D eigenvalue weighted by molar-refractivity contribution is 0.0257. The molecule has 0 atom stereocenters. The van der Waals surface area contributed by atoms with E-state index < -0.39 is 52.9 Å². The van der Waals surface area contributed by atoms with Crippen LogP contribution >= 0.6 is 0 Å². The molecule has 1 amide bonds. The standard InChI is InChI=1S/C31H28F4N6O4/c1-18(2)40-16-23(29(43)41(30(40)44)21-6-3-19(32)4-7-21)28(42)38-20-5-8-26(24(33)13-20)45-27-14-22(15-37-25(27)9-11-36)39-12-10-31(34,35)17-39/h3-9,11,13-16,18H,10,12,17,36H2,1-2H3,(H,38,42). The van der Waals surface area contributed by atoms with Crippen LogP contribution in [0.2, 0.25) is 0 Å². The summed E-state index contributed by atoms with van der Waals surface area (Å²) in [6.07, 6.45) is 4.79. The minimum absolute atomic E-state index is 0.0341. The molecule has 234 valence electrons. The summed E-state index contributed by atoms with van der Waals surface area (Å²) >= 11 is 0. The second-order valence-corrected chi connectivity index (χ2v) is 10.6. The Morgan fingerprint density at radius 3 is 2.42 bits per heavy atom. The fraction of sp³-hybridized carbons (Fsp3) is 0.226. The first kappa shape index (κ1) is 31.0. The lowest BCUT2D eigenvalue weighted by Gasteiger charge is -2.19. The summed E-state index contributed by atoms with van der Waals surface area (Å²) in [6, 6.07) is 9.14. The third-order valence-electron chi connectivity index (χ3n) is 7.07. The SMILES string of the molecule is CC(C)n1cc(C(=O)Nc2ccc(Oc3cc(N4CCC(F)(F)C4)cnc3C=CN)c(F)c2)c(=O)n(-c2ccc(F)cc2)c1=O. The zero-order valence-electron chi connectivity index (χ0n) is 24.1. The Morgan fingerprint density at radius 1 is 1.07 bits per heavy atom. The molecule has 0 saturated carbocycles. The van der Waals surface area contributed by atoms with Crippen molar-refractivity contribution in [2.75, 3.05) is 23.3 Å². The number of pyridine rings is 1. The van der Waals surface area contributed by atoms with Crippen molar-refractivity contribution in [1.82, 2.24) is 14.1 Å². The summed E-state index contributed by atoms with van der Waals surface area (Å²) in [5.41, 5.74) is 4.00. The van der Waals surface area contributed by atoms with E-state index in [1.807, 2.05) is 0 Å². The number of nitrogens with zero attached hydrogens (tertiary/aromatic N) is 4. The summed E-state index contributed by atoms with van der Waals surface area (Å²) in [5.74, 6) is -5.46. The molecule has 0 radical (unpaired) electrons. The number of amides is 1. The molecule has 0 unspecified atom stereocenters. The van der Waals surface area contributed by atoms with Crippen molar-refractivity contribution in [1.29, 1.82) is 0 Å². The minimum atomic E-state index is -2.84. The molecular weight excluding hydrogens is 596 g/mol. The van der Waals surface area contributed by atoms with Crippen molar-refractivity contribution in [2.24, 2.45) is 5.73 Å². The maximum atomic E-state index is 15.2. The van der Waals surface area contributed by atoms with Crippen LogP contribution in [0.1, 0.15) is 42.4 Å². The quantitative estimate of drug-likeness (QED) is 0.262. The van der Waals surface area contributed by atoms with Gasteiger partial charge in [-0.3, -0.25) is 19.1 Å². The Kier molecular flexibility index (Phi) is 8.49. The first-order chi connectivity index (χ1) is 21.4. The number of nitrogens with two attached hydrogens (primary N) is 1. The summed E-state index contributed by atoms with van der Waals surface area (Å²) in [7, 11) is 0. The first-order valence-electron chi connectivity index (χ1n) is 13.8. The van der Waals surface area contributed by atoms with E-state index in [9.17, 15) is 27.6 Å². The predicted octanol–water partition coefficient (Wildman–Crippen LogP) is 5.07. The van der Waals surface area contributed by atoms with E-state index >= 15 is 4.39 Å². The van der Waals surface area contributed by atoms with Gasteiger partial charge in [-0.15, -0.1) is 0 Å². The van der Waals surface area contributed by atoms with E-state index in [0.717, 1.165) is 29.0 Å². The monoisotopic (exact) mass is 624 g/mol. The van der Waals surface area contributed by atoms with Crippen molar-refractivity contribution in [3.8, 4) is 17.2 Å². The second kappa shape index (κ2) is 12.3. The maximum absolute atomic E-state index is 15.2. The molecular formula is C31H28F4N6O4. The van der Waals surface area contributed by atoms with Crippen molar-refractivity contribution >= 4 is 23.4 Å². The van der Waals surface area contributed by atoms with Crippen LogP contribution in [0, 0.1) is 11.6 Å². The summed E-state index contributed by atoms with van der Waals surface area (Å²) in [5, 5.41) is 2.45. The maximum Gasteiger partial charge on any atom is 0.335 e. The van der Waals surface area contributed by atoms with Crippen molar-refractivity contribution in [3.05, 3.63) is 111 Å². The van der Waals surface area contributed by atoms with Gasteiger partial charge in [0.25, 0.3) is 17.4 Å². The van der Waals surface area contributed by atoms with Gasteiger partial charge in [-0.1, -0.05) is 0 Å². The van der Waals surface area contributed by atoms with Crippen LogP contribution in [0.15, 0.2) is 76.7 Å². The lowest BCUT2D eigenvalue weighted by Crippen LogP contribution is -2.42. The average Bonchev–Trinajstić information content (AvgIpc) is 3.35. The number of hydrogen-bond acceptors (Lipinski definition) is 7. The highest BCUT2D eigenvalue weighted by Crippen LogP contribution is 2.35. The highest BCUT2D eigenvalue weighted by molar-refractivity contribution is 6.03. The molecule has 5 rings (SSSR count). The van der Waals surface area contributed by atoms with Crippen LogP contribution in [-0.2, 0) is 0 Å². The molecule has 4 aromatic rings. The zero-order valence-corrected chi connectivity index (χ0v) is 24.1. The number of benzene rings is 2. The molecule has 1 fully saturated rings. The molecule has 2 aromatic heterocycles. The van der Waals surface area contributed by atoms with Gasteiger partial charge in [0.05, 0.1) is 24.1 Å². The predicted molar refractivity (Wildman–Crippen MR) is 160 cm³/mol. The number of nitrogens with one attached hydrogen (secondary N) is 1. The molecule has 14 heteroatoms. The summed E-state index contributed by atoms with van der Waals surface area (Å²) < 4.78 is 64.0. The minimum Gasteiger partial charge on any atom is -0.452 e. The third-order valence-corrected chi connectivity index (χ3v) is 7.07. The van der Waals surface area contributed by atoms with Crippen LogP contribution in [0.3, 0.4) is 0 Å². The molecule has 45 heavy (non-hydrogen) atoms. The van der Waals surface area contributed by atoms with Crippen molar-refractivity contribution in [2.45, 2.75) is 32.2 Å². The largest absolute Gasteiger partial charge is 0.452 e. The Morgan fingerprint density at radius 2 is 1.80 bits per heavy atom.